The number of aromatic nitrogens is 3. The number of pyridine rings is 1. The molecule has 3 aromatic rings. The second-order valence-electron chi connectivity index (χ2n) is 7.63. The average Bonchev–Trinajstić information content (AvgIpc) is 3.05. The van der Waals surface area contributed by atoms with Gasteiger partial charge >= 0.3 is 0 Å². The molecular formula is C23H26N4O. The maximum absolute atomic E-state index is 12.9. The third-order valence-corrected chi connectivity index (χ3v) is 5.60. The molecule has 28 heavy (non-hydrogen) atoms. The molecular weight excluding hydrogens is 348 g/mol. The minimum atomic E-state index is 0.130. The predicted molar refractivity (Wildman–Crippen MR) is 109 cm³/mol. The zero-order valence-electron chi connectivity index (χ0n) is 16.5. The van der Waals surface area contributed by atoms with Gasteiger partial charge < -0.3 is 4.90 Å². The Hall–Kier alpha value is -2.95. The van der Waals surface area contributed by atoms with Crippen molar-refractivity contribution in [1.29, 1.82) is 0 Å². The fraction of sp³-hybridized carbons (Fsp3) is 0.348. The minimum absolute atomic E-state index is 0.130. The lowest BCUT2D eigenvalue weighted by molar-refractivity contribution is 0.0713. The van der Waals surface area contributed by atoms with Crippen LogP contribution in [-0.4, -0.2) is 38.7 Å². The Morgan fingerprint density at radius 2 is 1.71 bits per heavy atom. The van der Waals surface area contributed by atoms with Crippen molar-refractivity contribution in [2.45, 2.75) is 39.2 Å². The monoisotopic (exact) mass is 374 g/mol. The maximum Gasteiger partial charge on any atom is 0.253 e. The van der Waals surface area contributed by atoms with E-state index in [1.165, 1.54) is 5.56 Å². The lowest BCUT2D eigenvalue weighted by atomic mass is 9.90. The molecule has 1 aliphatic rings. The largest absolute Gasteiger partial charge is 0.339 e. The molecule has 2 aromatic heterocycles. The number of hydrogen-bond acceptors (Lipinski definition) is 3. The van der Waals surface area contributed by atoms with Gasteiger partial charge in [-0.15, -0.1) is 0 Å². The molecule has 1 fully saturated rings. The van der Waals surface area contributed by atoms with Crippen molar-refractivity contribution < 1.29 is 4.79 Å². The predicted octanol–water partition coefficient (Wildman–Crippen LogP) is 3.96. The van der Waals surface area contributed by atoms with Crippen molar-refractivity contribution in [3.63, 3.8) is 0 Å². The first-order valence-corrected chi connectivity index (χ1v) is 9.89. The molecule has 0 unspecified atom stereocenters. The van der Waals surface area contributed by atoms with E-state index in [-0.39, 0.29) is 5.91 Å². The van der Waals surface area contributed by atoms with E-state index in [1.807, 2.05) is 53.2 Å². The van der Waals surface area contributed by atoms with Crippen LogP contribution in [0.3, 0.4) is 0 Å². The molecule has 0 spiro atoms. The van der Waals surface area contributed by atoms with Crippen molar-refractivity contribution in [2.75, 3.05) is 13.1 Å². The first-order chi connectivity index (χ1) is 13.6. The second kappa shape index (κ2) is 7.97. The summed E-state index contributed by atoms with van der Waals surface area (Å²) in [6.45, 7) is 6.40. The van der Waals surface area contributed by atoms with Gasteiger partial charge in [-0.05, 0) is 74.1 Å². The quantitative estimate of drug-likeness (QED) is 0.694. The summed E-state index contributed by atoms with van der Waals surface area (Å²) in [4.78, 5) is 18.9. The van der Waals surface area contributed by atoms with Crippen LogP contribution in [0.15, 0.2) is 54.9 Å². The van der Waals surface area contributed by atoms with Crippen LogP contribution in [0.2, 0.25) is 0 Å². The Morgan fingerprint density at radius 3 is 2.32 bits per heavy atom. The molecule has 0 saturated carbocycles. The SMILES string of the molecule is Cc1cc(C)n(Cc2ccc(C(=O)N3CCC(c4ccncc4)CC3)cc2)n1. The third kappa shape index (κ3) is 3.98. The van der Waals surface area contributed by atoms with E-state index in [1.54, 1.807) is 0 Å². The Balaban J connectivity index is 1.37. The second-order valence-corrected chi connectivity index (χ2v) is 7.63. The molecule has 0 aliphatic carbocycles. The fourth-order valence-corrected chi connectivity index (χ4v) is 3.99. The molecule has 1 saturated heterocycles. The Bertz CT molecular complexity index is 938. The summed E-state index contributed by atoms with van der Waals surface area (Å²) >= 11 is 0. The van der Waals surface area contributed by atoms with Gasteiger partial charge in [-0.25, -0.2) is 0 Å². The molecule has 1 aromatic carbocycles. The van der Waals surface area contributed by atoms with Crippen LogP contribution in [0.25, 0.3) is 0 Å². The zero-order chi connectivity index (χ0) is 19.5. The first-order valence-electron chi connectivity index (χ1n) is 9.89. The summed E-state index contributed by atoms with van der Waals surface area (Å²) in [5.41, 5.74) is 5.42. The summed E-state index contributed by atoms with van der Waals surface area (Å²) in [5.74, 6) is 0.654. The topological polar surface area (TPSA) is 51.0 Å². The van der Waals surface area contributed by atoms with E-state index in [0.717, 1.165) is 55.0 Å². The summed E-state index contributed by atoms with van der Waals surface area (Å²) in [5, 5.41) is 4.51. The lowest BCUT2D eigenvalue weighted by Gasteiger charge is -2.32. The summed E-state index contributed by atoms with van der Waals surface area (Å²) in [6, 6.07) is 14.2. The Morgan fingerprint density at radius 1 is 1.04 bits per heavy atom. The van der Waals surface area contributed by atoms with Crippen LogP contribution in [0.4, 0.5) is 0 Å². The van der Waals surface area contributed by atoms with Crippen LogP contribution in [0, 0.1) is 13.8 Å². The van der Waals surface area contributed by atoms with Crippen molar-refractivity contribution in [3.05, 3.63) is 82.9 Å². The van der Waals surface area contributed by atoms with Gasteiger partial charge in [-0.3, -0.25) is 14.5 Å². The Kier molecular flexibility index (Phi) is 5.24. The number of amides is 1. The van der Waals surface area contributed by atoms with E-state index in [4.69, 9.17) is 0 Å². The number of piperidine rings is 1. The number of hydrogen-bond donors (Lipinski definition) is 0. The number of likely N-dealkylation sites (tertiary alicyclic amines) is 1. The third-order valence-electron chi connectivity index (χ3n) is 5.60. The summed E-state index contributed by atoms with van der Waals surface area (Å²) in [6.07, 6.45) is 5.71. The van der Waals surface area contributed by atoms with Crippen molar-refractivity contribution in [3.8, 4) is 0 Å². The molecule has 3 heterocycles. The van der Waals surface area contributed by atoms with Crippen molar-refractivity contribution in [1.82, 2.24) is 19.7 Å². The molecule has 1 amide bonds. The smallest absolute Gasteiger partial charge is 0.253 e. The number of rotatable bonds is 4. The Labute approximate surface area is 166 Å². The maximum atomic E-state index is 12.9. The molecule has 4 rings (SSSR count). The molecule has 0 radical (unpaired) electrons. The minimum Gasteiger partial charge on any atom is -0.339 e. The van der Waals surface area contributed by atoms with Crippen LogP contribution < -0.4 is 0 Å². The summed E-state index contributed by atoms with van der Waals surface area (Å²) < 4.78 is 2.00. The molecule has 0 atom stereocenters. The van der Waals surface area contributed by atoms with Gasteiger partial charge in [-0.2, -0.15) is 5.10 Å². The highest BCUT2D eigenvalue weighted by atomic mass is 16.2. The zero-order valence-corrected chi connectivity index (χ0v) is 16.5. The van der Waals surface area contributed by atoms with Gasteiger partial charge in [0.2, 0.25) is 0 Å². The van der Waals surface area contributed by atoms with E-state index < -0.39 is 0 Å². The van der Waals surface area contributed by atoms with E-state index in [9.17, 15) is 4.79 Å². The molecule has 1 aliphatic heterocycles. The lowest BCUT2D eigenvalue weighted by Crippen LogP contribution is -2.37. The van der Waals surface area contributed by atoms with Gasteiger partial charge in [0, 0.05) is 36.7 Å². The average molecular weight is 374 g/mol. The molecule has 5 nitrogen and oxygen atoms in total. The first kappa shape index (κ1) is 18.4. The molecule has 0 N–H and O–H groups in total. The standard InChI is InChI=1S/C23H26N4O/c1-17-15-18(2)27(25-17)16-19-3-5-22(6-4-19)23(28)26-13-9-21(10-14-26)20-7-11-24-12-8-20/h3-8,11-12,15,21H,9-10,13-14,16H2,1-2H3. The van der Waals surface area contributed by atoms with Crippen LogP contribution in [0.1, 0.15) is 51.6 Å². The fourth-order valence-electron chi connectivity index (χ4n) is 3.99. The molecule has 0 bridgehead atoms. The van der Waals surface area contributed by atoms with E-state index in [0.29, 0.717) is 5.92 Å². The number of carbonyl (C=O) groups is 1. The number of carbonyl (C=O) groups excluding carboxylic acids is 1. The van der Waals surface area contributed by atoms with E-state index in [2.05, 4.69) is 35.2 Å². The number of nitrogens with zero attached hydrogens (tertiary/aromatic N) is 4. The van der Waals surface area contributed by atoms with Crippen LogP contribution >= 0.6 is 0 Å². The normalized spacial score (nSPS) is 15.0. The highest BCUT2D eigenvalue weighted by Crippen LogP contribution is 2.28. The summed E-state index contributed by atoms with van der Waals surface area (Å²) in [7, 11) is 0. The van der Waals surface area contributed by atoms with Crippen LogP contribution in [-0.2, 0) is 6.54 Å². The number of benzene rings is 1. The van der Waals surface area contributed by atoms with Crippen molar-refractivity contribution in [2.24, 2.45) is 0 Å². The van der Waals surface area contributed by atoms with Crippen LogP contribution in [0.5, 0.6) is 0 Å². The highest BCUT2D eigenvalue weighted by Gasteiger charge is 2.24. The van der Waals surface area contributed by atoms with Crippen molar-refractivity contribution >= 4 is 5.91 Å². The van der Waals surface area contributed by atoms with Gasteiger partial charge in [-0.1, -0.05) is 12.1 Å². The molecule has 5 heteroatoms. The van der Waals surface area contributed by atoms with E-state index >= 15 is 0 Å². The highest BCUT2D eigenvalue weighted by molar-refractivity contribution is 5.94. The van der Waals surface area contributed by atoms with Gasteiger partial charge in [0.05, 0.1) is 12.2 Å². The van der Waals surface area contributed by atoms with Gasteiger partial charge in [0.1, 0.15) is 0 Å². The number of aryl methyl sites for hydroxylation is 2. The van der Waals surface area contributed by atoms with Gasteiger partial charge in [0.15, 0.2) is 0 Å². The van der Waals surface area contributed by atoms with Gasteiger partial charge in [0.25, 0.3) is 5.91 Å². The molecule has 144 valence electrons.